The Morgan fingerprint density at radius 2 is 1.71 bits per heavy atom. The summed E-state index contributed by atoms with van der Waals surface area (Å²) in [5.74, 6) is 0.978. The summed E-state index contributed by atoms with van der Waals surface area (Å²) in [7, 11) is 2.08. The van der Waals surface area contributed by atoms with Crippen molar-refractivity contribution in [3.8, 4) is 11.4 Å². The topological polar surface area (TPSA) is 35.6 Å². The van der Waals surface area contributed by atoms with Gasteiger partial charge in [0.2, 0.25) is 0 Å². The molecule has 0 N–H and O–H groups in total. The van der Waals surface area contributed by atoms with Crippen LogP contribution in [-0.2, 0) is 13.6 Å². The van der Waals surface area contributed by atoms with E-state index in [2.05, 4.69) is 108 Å². The van der Waals surface area contributed by atoms with Crippen molar-refractivity contribution in [3.63, 3.8) is 0 Å². The van der Waals surface area contributed by atoms with Crippen molar-refractivity contribution in [1.29, 1.82) is 0 Å². The highest BCUT2D eigenvalue weighted by Crippen LogP contribution is 2.29. The van der Waals surface area contributed by atoms with Gasteiger partial charge in [0.05, 0.1) is 28.4 Å². The molecule has 0 saturated heterocycles. The lowest BCUT2D eigenvalue weighted by atomic mass is 10.1. The van der Waals surface area contributed by atoms with Crippen LogP contribution in [0.1, 0.15) is 17.5 Å². The molecule has 4 heteroatoms. The van der Waals surface area contributed by atoms with E-state index >= 15 is 0 Å². The van der Waals surface area contributed by atoms with Gasteiger partial charge in [-0.15, -0.1) is 0 Å². The van der Waals surface area contributed by atoms with Gasteiger partial charge in [-0.2, -0.15) is 0 Å². The Kier molecular flexibility index (Phi) is 4.99. The minimum atomic E-state index is 0.810. The maximum Gasteiger partial charge on any atom is 0.140 e. The van der Waals surface area contributed by atoms with Crippen molar-refractivity contribution in [2.75, 3.05) is 0 Å². The number of hydrogen-bond donors (Lipinski definition) is 0. The maximum atomic E-state index is 4.91. The van der Waals surface area contributed by atoms with Crippen LogP contribution in [0.25, 0.3) is 39.0 Å². The molecule has 166 valence electrons. The second kappa shape index (κ2) is 8.31. The molecular weight excluding hydrogens is 416 g/mol. The Labute approximate surface area is 199 Å². The van der Waals surface area contributed by atoms with Crippen molar-refractivity contribution >= 4 is 27.6 Å². The summed E-state index contributed by atoms with van der Waals surface area (Å²) in [6, 6.07) is 23.2. The number of aryl methyl sites for hydroxylation is 2. The lowest BCUT2D eigenvalue weighted by Gasteiger charge is -2.09. The van der Waals surface area contributed by atoms with Crippen molar-refractivity contribution in [2.24, 2.45) is 7.05 Å². The van der Waals surface area contributed by atoms with E-state index < -0.39 is 0 Å². The van der Waals surface area contributed by atoms with Gasteiger partial charge in [-0.05, 0) is 59.9 Å². The minimum absolute atomic E-state index is 0.810. The number of imidazole rings is 2. The molecule has 0 radical (unpaired) electrons. The van der Waals surface area contributed by atoms with Gasteiger partial charge in [-0.3, -0.25) is 0 Å². The van der Waals surface area contributed by atoms with E-state index in [1.807, 2.05) is 12.4 Å². The third-order valence-electron chi connectivity index (χ3n) is 6.62. The largest absolute Gasteiger partial charge is 0.327 e. The number of rotatable bonds is 4. The summed E-state index contributed by atoms with van der Waals surface area (Å²) in [6.45, 7) is 2.94. The van der Waals surface area contributed by atoms with Crippen molar-refractivity contribution in [3.05, 3.63) is 114 Å². The first-order valence-corrected chi connectivity index (χ1v) is 11.7. The molecule has 1 aliphatic carbocycles. The van der Waals surface area contributed by atoms with Gasteiger partial charge in [-0.1, -0.05) is 66.8 Å². The number of nitrogens with zero attached hydrogens (tertiary/aromatic N) is 4. The number of benzene rings is 3. The fraction of sp³-hybridized carbons (Fsp3) is 0.133. The quantitative estimate of drug-likeness (QED) is 0.304. The number of fused-ring (bicyclic) bond motifs is 2. The average molecular weight is 443 g/mol. The van der Waals surface area contributed by atoms with Gasteiger partial charge in [-0.25, -0.2) is 9.97 Å². The van der Waals surface area contributed by atoms with Crippen LogP contribution in [0.5, 0.6) is 0 Å². The number of hydrogen-bond acceptors (Lipinski definition) is 2. The van der Waals surface area contributed by atoms with E-state index in [1.165, 1.54) is 22.3 Å². The van der Waals surface area contributed by atoms with Gasteiger partial charge in [0.15, 0.2) is 0 Å². The fourth-order valence-corrected chi connectivity index (χ4v) is 4.82. The zero-order valence-corrected chi connectivity index (χ0v) is 19.4. The third-order valence-corrected chi connectivity index (χ3v) is 6.62. The molecule has 0 atom stereocenters. The van der Waals surface area contributed by atoms with Crippen LogP contribution in [0.15, 0.2) is 103 Å². The van der Waals surface area contributed by atoms with Crippen LogP contribution in [0.2, 0.25) is 0 Å². The van der Waals surface area contributed by atoms with E-state index in [4.69, 9.17) is 9.97 Å². The van der Waals surface area contributed by atoms with Gasteiger partial charge in [0.1, 0.15) is 5.82 Å². The van der Waals surface area contributed by atoms with Crippen LogP contribution in [-0.4, -0.2) is 19.1 Å². The standard InChI is InChI=1S/C30H26N4/c1-21-17-25(30-32-26-13-6-7-14-27(26)33(30)2)18-28-29(21)31-20-34(28)19-22-9-8-12-24(16-15-22)23-10-4-3-5-11-23/h3-8,10-18,20H,9,19H2,1-2H3. The molecule has 2 heterocycles. The van der Waals surface area contributed by atoms with Crippen LogP contribution in [0, 0.1) is 6.92 Å². The summed E-state index contributed by atoms with van der Waals surface area (Å²) in [5.41, 5.74) is 10.5. The molecule has 2 aromatic heterocycles. The van der Waals surface area contributed by atoms with Crippen LogP contribution >= 0.6 is 0 Å². The lowest BCUT2D eigenvalue weighted by molar-refractivity contribution is 0.791. The molecule has 3 aromatic carbocycles. The summed E-state index contributed by atoms with van der Waals surface area (Å²) >= 11 is 0. The van der Waals surface area contributed by atoms with Crippen molar-refractivity contribution in [1.82, 2.24) is 19.1 Å². The second-order valence-corrected chi connectivity index (χ2v) is 8.94. The minimum Gasteiger partial charge on any atom is -0.327 e. The maximum absolute atomic E-state index is 4.91. The molecule has 6 rings (SSSR count). The summed E-state index contributed by atoms with van der Waals surface area (Å²) in [6.07, 6.45) is 11.9. The number of para-hydroxylation sites is 2. The molecule has 0 unspecified atom stereocenters. The first-order chi connectivity index (χ1) is 16.7. The predicted molar refractivity (Wildman–Crippen MR) is 140 cm³/mol. The first kappa shape index (κ1) is 20.4. The zero-order valence-electron chi connectivity index (χ0n) is 19.4. The van der Waals surface area contributed by atoms with Crippen LogP contribution < -0.4 is 0 Å². The fourth-order valence-electron chi connectivity index (χ4n) is 4.82. The Bertz CT molecular complexity index is 1610. The molecule has 0 amide bonds. The Morgan fingerprint density at radius 1 is 0.882 bits per heavy atom. The molecule has 0 fully saturated rings. The van der Waals surface area contributed by atoms with Crippen LogP contribution in [0.4, 0.5) is 0 Å². The highest BCUT2D eigenvalue weighted by molar-refractivity contribution is 5.87. The third kappa shape index (κ3) is 3.57. The molecule has 1 aliphatic rings. The summed E-state index contributed by atoms with van der Waals surface area (Å²) in [5, 5.41) is 0. The Hall–Kier alpha value is -4.18. The van der Waals surface area contributed by atoms with Gasteiger partial charge in [0.25, 0.3) is 0 Å². The van der Waals surface area contributed by atoms with Gasteiger partial charge in [0, 0.05) is 19.2 Å². The Balaban J connectivity index is 1.38. The molecule has 0 aliphatic heterocycles. The highest BCUT2D eigenvalue weighted by Gasteiger charge is 2.14. The van der Waals surface area contributed by atoms with E-state index in [-0.39, 0.29) is 0 Å². The van der Waals surface area contributed by atoms with Gasteiger partial charge < -0.3 is 9.13 Å². The second-order valence-electron chi connectivity index (χ2n) is 8.94. The first-order valence-electron chi connectivity index (χ1n) is 11.7. The molecule has 5 aromatic rings. The molecule has 0 bridgehead atoms. The highest BCUT2D eigenvalue weighted by atomic mass is 15.1. The van der Waals surface area contributed by atoms with Crippen LogP contribution in [0.3, 0.4) is 0 Å². The zero-order chi connectivity index (χ0) is 23.1. The molecule has 0 saturated carbocycles. The monoisotopic (exact) mass is 442 g/mol. The molecular formula is C30H26N4. The average Bonchev–Trinajstić information content (AvgIpc) is 3.33. The molecule has 0 spiro atoms. The van der Waals surface area contributed by atoms with E-state index in [0.717, 1.165) is 46.4 Å². The number of aromatic nitrogens is 4. The normalized spacial score (nSPS) is 13.8. The van der Waals surface area contributed by atoms with E-state index in [1.54, 1.807) is 0 Å². The number of allylic oxidation sites excluding steroid dienone is 6. The molecule has 4 nitrogen and oxygen atoms in total. The summed E-state index contributed by atoms with van der Waals surface area (Å²) in [4.78, 5) is 9.66. The summed E-state index contributed by atoms with van der Waals surface area (Å²) < 4.78 is 4.43. The van der Waals surface area contributed by atoms with Gasteiger partial charge >= 0.3 is 0 Å². The smallest absolute Gasteiger partial charge is 0.140 e. The molecule has 34 heavy (non-hydrogen) atoms. The SMILES string of the molecule is Cc1cc(-c2nc3ccccc3n2C)cc2c1ncn2CC1=CC=C(c2ccccc2)C=CC1. The Morgan fingerprint density at radius 3 is 2.56 bits per heavy atom. The van der Waals surface area contributed by atoms with Crippen molar-refractivity contribution in [2.45, 2.75) is 19.9 Å². The lowest BCUT2D eigenvalue weighted by Crippen LogP contribution is -2.00. The van der Waals surface area contributed by atoms with E-state index in [0.29, 0.717) is 0 Å². The predicted octanol–water partition coefficient (Wildman–Crippen LogP) is 6.87. The van der Waals surface area contributed by atoms with Crippen molar-refractivity contribution < 1.29 is 0 Å². The van der Waals surface area contributed by atoms with E-state index in [9.17, 15) is 0 Å².